The summed E-state index contributed by atoms with van der Waals surface area (Å²) in [6, 6.07) is 13.3. The van der Waals surface area contributed by atoms with Crippen molar-refractivity contribution in [3.05, 3.63) is 82.5 Å². The summed E-state index contributed by atoms with van der Waals surface area (Å²) in [5.74, 6) is 0.356. The molecule has 3 N–H and O–H groups in total. The largest absolute Gasteiger partial charge is 0.417 e. The van der Waals surface area contributed by atoms with Gasteiger partial charge in [-0.3, -0.25) is 13.9 Å². The number of alkyl halides is 3. The van der Waals surface area contributed by atoms with Gasteiger partial charge in [0, 0.05) is 18.0 Å². The Morgan fingerprint density at radius 1 is 1.10 bits per heavy atom. The van der Waals surface area contributed by atoms with Gasteiger partial charge in [0.1, 0.15) is 6.23 Å². The molecule has 0 bridgehead atoms. The van der Waals surface area contributed by atoms with Gasteiger partial charge in [0.15, 0.2) is 17.0 Å². The summed E-state index contributed by atoms with van der Waals surface area (Å²) >= 11 is 0. The first-order chi connectivity index (χ1) is 19.2. The Morgan fingerprint density at radius 3 is 2.62 bits per heavy atom. The minimum atomic E-state index is -4.69. The van der Waals surface area contributed by atoms with Crippen LogP contribution in [0.15, 0.2) is 65.7 Å². The number of nitrogens with one attached hydrogen (secondary N) is 1. The zero-order valence-electron chi connectivity index (χ0n) is 21.5. The molecule has 9 nitrogen and oxygen atoms in total. The molecule has 2 unspecified atom stereocenters. The maximum atomic E-state index is 13.9. The summed E-state index contributed by atoms with van der Waals surface area (Å²) in [7, 11) is 0. The standard InChI is InChI=1S/C28H26F3N7O2/c1-16(34-24-23-25(36-27(32)35-24)37(15-33-23)21-12-5-6-13-40-21)20-14-17-8-7-11-19(28(29,30)31)22(17)26(39)38(20)18-9-3-2-4-10-18/h2-4,7-11,14-16,21H,5-6,12-13H2,1H3,(H3,32,34,35,36). The van der Waals surface area contributed by atoms with Crippen LogP contribution >= 0.6 is 0 Å². The molecule has 1 aliphatic rings. The molecule has 1 fully saturated rings. The zero-order valence-corrected chi connectivity index (χ0v) is 21.5. The molecule has 3 aromatic heterocycles. The molecule has 206 valence electrons. The maximum absolute atomic E-state index is 13.9. The lowest BCUT2D eigenvalue weighted by molar-refractivity contribution is -0.136. The topological polar surface area (TPSA) is 113 Å². The van der Waals surface area contributed by atoms with E-state index >= 15 is 0 Å². The monoisotopic (exact) mass is 549 g/mol. The number of anilines is 2. The number of hydrogen-bond donors (Lipinski definition) is 2. The number of nitrogen functional groups attached to an aromatic ring is 1. The van der Waals surface area contributed by atoms with Crippen LogP contribution in [0, 0.1) is 0 Å². The second kappa shape index (κ2) is 9.94. The Kier molecular flexibility index (Phi) is 6.41. The number of rotatable bonds is 5. The molecule has 6 rings (SSSR count). The van der Waals surface area contributed by atoms with Crippen LogP contribution in [-0.4, -0.2) is 30.7 Å². The summed E-state index contributed by atoms with van der Waals surface area (Å²) in [6.07, 6.45) is -0.450. The number of halogens is 3. The van der Waals surface area contributed by atoms with Crippen molar-refractivity contribution < 1.29 is 17.9 Å². The van der Waals surface area contributed by atoms with E-state index in [9.17, 15) is 18.0 Å². The predicted octanol–water partition coefficient (Wildman–Crippen LogP) is 5.60. The van der Waals surface area contributed by atoms with E-state index in [0.29, 0.717) is 35.0 Å². The highest BCUT2D eigenvalue weighted by Gasteiger charge is 2.34. The predicted molar refractivity (Wildman–Crippen MR) is 145 cm³/mol. The van der Waals surface area contributed by atoms with E-state index in [0.717, 1.165) is 25.3 Å². The van der Waals surface area contributed by atoms with Crippen LogP contribution < -0.4 is 16.6 Å². The quantitative estimate of drug-likeness (QED) is 0.293. The molecule has 40 heavy (non-hydrogen) atoms. The Balaban J connectivity index is 1.49. The van der Waals surface area contributed by atoms with Crippen LogP contribution in [0.2, 0.25) is 0 Å². The number of pyridine rings is 1. The first-order valence-corrected chi connectivity index (χ1v) is 12.9. The molecular formula is C28H26F3N7O2. The van der Waals surface area contributed by atoms with Crippen LogP contribution in [-0.2, 0) is 10.9 Å². The van der Waals surface area contributed by atoms with Crippen LogP contribution in [0.25, 0.3) is 27.6 Å². The second-order valence-electron chi connectivity index (χ2n) is 9.75. The molecule has 0 radical (unpaired) electrons. The molecule has 0 spiro atoms. The SMILES string of the molecule is CC(Nc1nc(N)nc2c1ncn2C1CCCCO1)c1cc2cccc(C(F)(F)F)c2c(=O)n1-c1ccccc1. The van der Waals surface area contributed by atoms with Crippen LogP contribution in [0.3, 0.4) is 0 Å². The minimum Gasteiger partial charge on any atom is -0.368 e. The molecule has 12 heteroatoms. The van der Waals surface area contributed by atoms with Gasteiger partial charge in [-0.25, -0.2) is 4.98 Å². The highest BCUT2D eigenvalue weighted by molar-refractivity contribution is 5.87. The summed E-state index contributed by atoms with van der Waals surface area (Å²) < 4.78 is 50.7. The minimum absolute atomic E-state index is 0.0218. The first-order valence-electron chi connectivity index (χ1n) is 12.9. The van der Waals surface area contributed by atoms with Crippen LogP contribution in [0.4, 0.5) is 24.9 Å². The fourth-order valence-corrected chi connectivity index (χ4v) is 5.25. The Labute approximate surface area is 226 Å². The number of imidazole rings is 1. The van der Waals surface area contributed by atoms with E-state index in [1.807, 2.05) is 4.57 Å². The lowest BCUT2D eigenvalue weighted by atomic mass is 10.0. The Bertz CT molecular complexity index is 1760. The van der Waals surface area contributed by atoms with Gasteiger partial charge in [-0.1, -0.05) is 30.3 Å². The normalized spacial score (nSPS) is 16.9. The van der Waals surface area contributed by atoms with E-state index < -0.39 is 28.7 Å². The second-order valence-corrected chi connectivity index (χ2v) is 9.75. The summed E-state index contributed by atoms with van der Waals surface area (Å²) in [5, 5.41) is 3.06. The van der Waals surface area contributed by atoms with Gasteiger partial charge in [-0.05, 0) is 55.8 Å². The Morgan fingerprint density at radius 2 is 1.90 bits per heavy atom. The van der Waals surface area contributed by atoms with Crippen LogP contribution in [0.1, 0.15) is 49.7 Å². The molecule has 0 aliphatic carbocycles. The molecule has 5 aromatic rings. The molecule has 4 heterocycles. The van der Waals surface area contributed by atoms with E-state index in [2.05, 4.69) is 20.3 Å². The highest BCUT2D eigenvalue weighted by atomic mass is 19.4. The number of aromatic nitrogens is 5. The summed E-state index contributed by atoms with van der Waals surface area (Å²) in [5.41, 5.74) is 6.15. The zero-order chi connectivity index (χ0) is 28.0. The molecule has 0 saturated carbocycles. The smallest absolute Gasteiger partial charge is 0.368 e. The van der Waals surface area contributed by atoms with Crippen molar-refractivity contribution in [1.82, 2.24) is 24.1 Å². The summed E-state index contributed by atoms with van der Waals surface area (Å²) in [4.78, 5) is 27.0. The van der Waals surface area contributed by atoms with Gasteiger partial charge < -0.3 is 15.8 Å². The number of nitrogens with two attached hydrogens (primary N) is 1. The van der Waals surface area contributed by atoms with Gasteiger partial charge in [0.2, 0.25) is 5.95 Å². The van der Waals surface area contributed by atoms with E-state index in [1.54, 1.807) is 49.6 Å². The molecular weight excluding hydrogens is 523 g/mol. The maximum Gasteiger partial charge on any atom is 0.417 e. The van der Waals surface area contributed by atoms with Crippen molar-refractivity contribution in [1.29, 1.82) is 0 Å². The lowest BCUT2D eigenvalue weighted by Gasteiger charge is -2.24. The highest BCUT2D eigenvalue weighted by Crippen LogP contribution is 2.35. The van der Waals surface area contributed by atoms with E-state index in [1.165, 1.54) is 16.7 Å². The van der Waals surface area contributed by atoms with Gasteiger partial charge in [-0.2, -0.15) is 23.1 Å². The third-order valence-corrected chi connectivity index (χ3v) is 7.10. The average Bonchev–Trinajstić information content (AvgIpc) is 3.37. The van der Waals surface area contributed by atoms with Gasteiger partial charge in [-0.15, -0.1) is 0 Å². The fourth-order valence-electron chi connectivity index (χ4n) is 5.25. The van der Waals surface area contributed by atoms with Gasteiger partial charge in [0.05, 0.1) is 23.3 Å². The average molecular weight is 550 g/mol. The van der Waals surface area contributed by atoms with Crippen molar-refractivity contribution in [2.75, 3.05) is 17.7 Å². The molecule has 0 amide bonds. The van der Waals surface area contributed by atoms with Gasteiger partial charge >= 0.3 is 6.18 Å². The molecule has 1 aliphatic heterocycles. The Hall–Kier alpha value is -4.45. The lowest BCUT2D eigenvalue weighted by Crippen LogP contribution is -2.27. The first kappa shape index (κ1) is 25.8. The number of nitrogens with zero attached hydrogens (tertiary/aromatic N) is 5. The number of hydrogen-bond acceptors (Lipinski definition) is 7. The van der Waals surface area contributed by atoms with Crippen molar-refractivity contribution >= 4 is 33.7 Å². The van der Waals surface area contributed by atoms with E-state index in [-0.39, 0.29) is 17.6 Å². The third-order valence-electron chi connectivity index (χ3n) is 7.10. The number of fused-ring (bicyclic) bond motifs is 2. The van der Waals surface area contributed by atoms with Crippen molar-refractivity contribution in [3.8, 4) is 5.69 Å². The molecule has 2 aromatic carbocycles. The van der Waals surface area contributed by atoms with Crippen molar-refractivity contribution in [3.63, 3.8) is 0 Å². The van der Waals surface area contributed by atoms with Crippen molar-refractivity contribution in [2.45, 2.75) is 44.6 Å². The van der Waals surface area contributed by atoms with E-state index in [4.69, 9.17) is 10.5 Å². The molecule has 1 saturated heterocycles. The third kappa shape index (κ3) is 4.53. The number of para-hydroxylation sites is 1. The number of ether oxygens (including phenoxy) is 1. The van der Waals surface area contributed by atoms with Crippen LogP contribution in [0.5, 0.6) is 0 Å². The summed E-state index contributed by atoms with van der Waals surface area (Å²) in [6.45, 7) is 2.43. The molecule has 2 atom stereocenters. The van der Waals surface area contributed by atoms with Gasteiger partial charge in [0.25, 0.3) is 5.56 Å². The van der Waals surface area contributed by atoms with Crippen molar-refractivity contribution in [2.24, 2.45) is 0 Å². The fraction of sp³-hybridized carbons (Fsp3) is 0.286. The number of benzene rings is 2.